The fourth-order valence-electron chi connectivity index (χ4n) is 2.26. The third-order valence-corrected chi connectivity index (χ3v) is 4.03. The highest BCUT2D eigenvalue weighted by Gasteiger charge is 2.14. The van der Waals surface area contributed by atoms with E-state index in [1.54, 1.807) is 19.1 Å². The third kappa shape index (κ3) is 4.83. The molecule has 3 aromatic rings. The van der Waals surface area contributed by atoms with Crippen molar-refractivity contribution in [3.8, 4) is 16.9 Å². The molecule has 0 radical (unpaired) electrons. The Morgan fingerprint density at radius 2 is 1.77 bits per heavy atom. The zero-order chi connectivity index (χ0) is 18.4. The zero-order valence-electron chi connectivity index (χ0n) is 14.1. The van der Waals surface area contributed by atoms with E-state index in [2.05, 4.69) is 26.5 Å². The van der Waals surface area contributed by atoms with Gasteiger partial charge in [0.2, 0.25) is 0 Å². The van der Waals surface area contributed by atoms with E-state index in [-0.39, 0.29) is 5.91 Å². The first kappa shape index (κ1) is 17.9. The van der Waals surface area contributed by atoms with Crippen LogP contribution in [0.4, 0.5) is 0 Å². The molecule has 0 aliphatic carbocycles. The van der Waals surface area contributed by atoms with Crippen LogP contribution in [0.1, 0.15) is 12.7 Å². The summed E-state index contributed by atoms with van der Waals surface area (Å²) in [5.74, 6) is 0.799. The number of ether oxygens (including phenoxy) is 1. The minimum atomic E-state index is -0.682. The number of amides is 1. The number of carbonyl (C=O) groups is 1. The lowest BCUT2D eigenvalue weighted by atomic mass is 10.1. The maximum atomic E-state index is 12.0. The number of carbonyl (C=O) groups excluding carboxylic acids is 1. The predicted molar refractivity (Wildman–Crippen MR) is 104 cm³/mol. The Kier molecular flexibility index (Phi) is 5.86. The van der Waals surface area contributed by atoms with Crippen LogP contribution in [-0.2, 0) is 4.79 Å². The molecule has 6 heteroatoms. The van der Waals surface area contributed by atoms with E-state index in [0.717, 1.165) is 11.1 Å². The SMILES string of the molecule is CC(Oc1ccc(-c2ccccc2)cc1)C(=O)N/N=C/c1ccc(Br)o1. The highest BCUT2D eigenvalue weighted by molar-refractivity contribution is 9.10. The van der Waals surface area contributed by atoms with Crippen LogP contribution < -0.4 is 10.2 Å². The molecule has 0 bridgehead atoms. The number of hydrogen-bond donors (Lipinski definition) is 1. The molecular weight excluding hydrogens is 396 g/mol. The van der Waals surface area contributed by atoms with Crippen molar-refractivity contribution >= 4 is 28.1 Å². The molecule has 0 saturated heterocycles. The molecule has 0 saturated carbocycles. The van der Waals surface area contributed by atoms with Crippen molar-refractivity contribution in [2.45, 2.75) is 13.0 Å². The van der Waals surface area contributed by atoms with Gasteiger partial charge in [-0.2, -0.15) is 5.10 Å². The first-order chi connectivity index (χ1) is 12.6. The van der Waals surface area contributed by atoms with Gasteiger partial charge in [0.25, 0.3) is 5.91 Å². The monoisotopic (exact) mass is 412 g/mol. The topological polar surface area (TPSA) is 63.8 Å². The number of benzene rings is 2. The van der Waals surface area contributed by atoms with Gasteiger partial charge in [-0.15, -0.1) is 0 Å². The molecule has 5 nitrogen and oxygen atoms in total. The van der Waals surface area contributed by atoms with Gasteiger partial charge in [0, 0.05) is 0 Å². The summed E-state index contributed by atoms with van der Waals surface area (Å²) in [6.45, 7) is 1.67. The number of nitrogens with one attached hydrogen (secondary N) is 1. The second kappa shape index (κ2) is 8.49. The Hall–Kier alpha value is -2.86. The van der Waals surface area contributed by atoms with Gasteiger partial charge in [-0.3, -0.25) is 4.79 Å². The molecule has 2 aromatic carbocycles. The van der Waals surface area contributed by atoms with E-state index >= 15 is 0 Å². The second-order valence-corrected chi connectivity index (χ2v) is 6.31. The molecule has 132 valence electrons. The maximum absolute atomic E-state index is 12.0. The predicted octanol–water partition coefficient (Wildman–Crippen LogP) is 4.63. The van der Waals surface area contributed by atoms with Crippen LogP contribution in [0.15, 0.2) is 80.9 Å². The van der Waals surface area contributed by atoms with E-state index in [1.807, 2.05) is 54.6 Å². The molecule has 0 spiro atoms. The smallest absolute Gasteiger partial charge is 0.280 e. The molecule has 0 fully saturated rings. The van der Waals surface area contributed by atoms with Crippen molar-refractivity contribution < 1.29 is 13.9 Å². The molecule has 0 aliphatic rings. The van der Waals surface area contributed by atoms with Gasteiger partial charge in [0.1, 0.15) is 11.5 Å². The fourth-order valence-corrected chi connectivity index (χ4v) is 2.58. The van der Waals surface area contributed by atoms with Crippen molar-refractivity contribution in [1.82, 2.24) is 5.43 Å². The van der Waals surface area contributed by atoms with Gasteiger partial charge in [-0.05, 0) is 58.2 Å². The lowest BCUT2D eigenvalue weighted by Crippen LogP contribution is -2.33. The lowest BCUT2D eigenvalue weighted by Gasteiger charge is -2.13. The maximum Gasteiger partial charge on any atom is 0.280 e. The van der Waals surface area contributed by atoms with Crippen molar-refractivity contribution in [1.29, 1.82) is 0 Å². The summed E-state index contributed by atoms with van der Waals surface area (Å²) >= 11 is 3.20. The summed E-state index contributed by atoms with van der Waals surface area (Å²) in [5, 5.41) is 3.85. The summed E-state index contributed by atoms with van der Waals surface area (Å²) in [5.41, 5.74) is 4.64. The van der Waals surface area contributed by atoms with Crippen LogP contribution in [-0.4, -0.2) is 18.2 Å². The Labute approximate surface area is 159 Å². The van der Waals surface area contributed by atoms with Crippen molar-refractivity contribution in [2.24, 2.45) is 5.10 Å². The second-order valence-electron chi connectivity index (χ2n) is 5.53. The molecule has 26 heavy (non-hydrogen) atoms. The molecule has 0 aliphatic heterocycles. The first-order valence-corrected chi connectivity index (χ1v) is 8.81. The summed E-state index contributed by atoms with van der Waals surface area (Å²) in [4.78, 5) is 12.0. The van der Waals surface area contributed by atoms with Crippen LogP contribution in [0.3, 0.4) is 0 Å². The molecule has 1 heterocycles. The number of halogens is 1. The minimum Gasteiger partial charge on any atom is -0.481 e. The largest absolute Gasteiger partial charge is 0.481 e. The van der Waals surface area contributed by atoms with Crippen LogP contribution >= 0.6 is 15.9 Å². The quantitative estimate of drug-likeness (QED) is 0.474. The molecule has 1 amide bonds. The van der Waals surface area contributed by atoms with E-state index in [0.29, 0.717) is 16.2 Å². The summed E-state index contributed by atoms with van der Waals surface area (Å²) in [7, 11) is 0. The van der Waals surface area contributed by atoms with Crippen LogP contribution in [0, 0.1) is 0 Å². The van der Waals surface area contributed by atoms with Crippen molar-refractivity contribution in [3.05, 3.63) is 77.2 Å². The third-order valence-electron chi connectivity index (χ3n) is 3.60. The first-order valence-electron chi connectivity index (χ1n) is 8.02. The average Bonchev–Trinajstić information content (AvgIpc) is 3.08. The number of rotatable bonds is 6. The van der Waals surface area contributed by atoms with Gasteiger partial charge >= 0.3 is 0 Å². The van der Waals surface area contributed by atoms with Crippen molar-refractivity contribution in [2.75, 3.05) is 0 Å². The number of furan rings is 1. The summed E-state index contributed by atoms with van der Waals surface area (Å²) in [6, 6.07) is 21.1. The van der Waals surface area contributed by atoms with Crippen LogP contribution in [0.5, 0.6) is 5.75 Å². The highest BCUT2D eigenvalue weighted by atomic mass is 79.9. The summed E-state index contributed by atoms with van der Waals surface area (Å²) < 4.78 is 11.5. The van der Waals surface area contributed by atoms with Crippen LogP contribution in [0.25, 0.3) is 11.1 Å². The molecule has 1 aromatic heterocycles. The highest BCUT2D eigenvalue weighted by Crippen LogP contribution is 2.22. The molecular formula is C20H17BrN2O3. The fraction of sp³-hybridized carbons (Fsp3) is 0.100. The van der Waals surface area contributed by atoms with E-state index in [4.69, 9.17) is 9.15 Å². The summed E-state index contributed by atoms with van der Waals surface area (Å²) in [6.07, 6.45) is 0.738. The van der Waals surface area contributed by atoms with Gasteiger partial charge in [-0.25, -0.2) is 5.43 Å². The molecule has 3 rings (SSSR count). The molecule has 1 unspecified atom stereocenters. The normalized spacial score (nSPS) is 12.1. The van der Waals surface area contributed by atoms with E-state index < -0.39 is 6.10 Å². The zero-order valence-corrected chi connectivity index (χ0v) is 15.6. The number of hydrogen-bond acceptors (Lipinski definition) is 4. The average molecular weight is 413 g/mol. The van der Waals surface area contributed by atoms with Gasteiger partial charge in [0.05, 0.1) is 6.21 Å². The Balaban J connectivity index is 1.54. The number of nitrogens with zero attached hydrogens (tertiary/aromatic N) is 1. The van der Waals surface area contributed by atoms with Gasteiger partial charge in [-0.1, -0.05) is 42.5 Å². The Morgan fingerprint density at radius 3 is 2.42 bits per heavy atom. The van der Waals surface area contributed by atoms with E-state index in [1.165, 1.54) is 6.21 Å². The number of hydrazone groups is 1. The van der Waals surface area contributed by atoms with Crippen LogP contribution in [0.2, 0.25) is 0 Å². The minimum absolute atomic E-state index is 0.348. The molecule has 1 atom stereocenters. The van der Waals surface area contributed by atoms with Gasteiger partial charge in [0.15, 0.2) is 10.8 Å². The Bertz CT molecular complexity index is 889. The Morgan fingerprint density at radius 1 is 1.08 bits per heavy atom. The molecule has 1 N–H and O–H groups in total. The van der Waals surface area contributed by atoms with Crippen molar-refractivity contribution in [3.63, 3.8) is 0 Å². The van der Waals surface area contributed by atoms with Gasteiger partial charge < -0.3 is 9.15 Å². The lowest BCUT2D eigenvalue weighted by molar-refractivity contribution is -0.127. The standard InChI is InChI=1S/C20H17BrN2O3/c1-14(20(24)23-22-13-18-11-12-19(21)26-18)25-17-9-7-16(8-10-17)15-5-3-2-4-6-15/h2-14H,1H3,(H,23,24)/b22-13+. The van der Waals surface area contributed by atoms with E-state index in [9.17, 15) is 4.79 Å².